The Kier molecular flexibility index (Phi) is 4.27. The van der Waals surface area contributed by atoms with Crippen molar-refractivity contribution in [3.05, 3.63) is 89.0 Å². The summed E-state index contributed by atoms with van der Waals surface area (Å²) in [7, 11) is 0. The van der Waals surface area contributed by atoms with Gasteiger partial charge in [-0.2, -0.15) is 5.26 Å². The van der Waals surface area contributed by atoms with Gasteiger partial charge in [-0.1, -0.05) is 23.7 Å². The molecule has 0 N–H and O–H groups in total. The molecule has 0 saturated carbocycles. The number of nitriles is 1. The lowest BCUT2D eigenvalue weighted by molar-refractivity contribution is 0.627. The van der Waals surface area contributed by atoms with Crippen molar-refractivity contribution < 1.29 is 4.39 Å². The average Bonchev–Trinajstić information content (AvgIpc) is 3.01. The van der Waals surface area contributed by atoms with E-state index in [-0.39, 0.29) is 5.82 Å². The highest BCUT2D eigenvalue weighted by atomic mass is 35.5. The van der Waals surface area contributed by atoms with Gasteiger partial charge in [0.15, 0.2) is 0 Å². The average molecular weight is 323 g/mol. The molecule has 0 aliphatic heterocycles. The Bertz CT molecular complexity index is 902. The molecule has 0 unspecified atom stereocenters. The molecule has 0 aliphatic rings. The number of halogens is 2. The highest BCUT2D eigenvalue weighted by Crippen LogP contribution is 2.22. The van der Waals surface area contributed by atoms with Crippen LogP contribution in [0.15, 0.2) is 66.9 Å². The maximum atomic E-state index is 13.4. The van der Waals surface area contributed by atoms with Crippen LogP contribution in [0.1, 0.15) is 11.3 Å². The monoisotopic (exact) mass is 322 g/mol. The first-order chi connectivity index (χ1) is 11.2. The van der Waals surface area contributed by atoms with Crippen LogP contribution in [0.4, 0.5) is 4.39 Å². The van der Waals surface area contributed by atoms with Crippen LogP contribution in [0.3, 0.4) is 0 Å². The summed E-state index contributed by atoms with van der Waals surface area (Å²) in [6, 6.07) is 19.3. The van der Waals surface area contributed by atoms with Crippen LogP contribution in [-0.2, 0) is 0 Å². The van der Waals surface area contributed by atoms with Gasteiger partial charge in [-0.15, -0.1) is 0 Å². The fraction of sp³-hybridized carbons (Fsp3) is 0. The van der Waals surface area contributed by atoms with E-state index in [0.717, 1.165) is 11.4 Å². The molecule has 3 aromatic rings. The van der Waals surface area contributed by atoms with Gasteiger partial charge in [0.25, 0.3) is 0 Å². The molecule has 1 heterocycles. The van der Waals surface area contributed by atoms with E-state index < -0.39 is 0 Å². The van der Waals surface area contributed by atoms with E-state index in [1.165, 1.54) is 12.1 Å². The minimum absolute atomic E-state index is 0.364. The molecule has 0 atom stereocenters. The molecule has 2 aromatic carbocycles. The largest absolute Gasteiger partial charge is 0.317 e. The highest BCUT2D eigenvalue weighted by molar-refractivity contribution is 6.30. The number of hydrogen-bond donors (Lipinski definition) is 0. The number of hydrogen-bond acceptors (Lipinski definition) is 1. The summed E-state index contributed by atoms with van der Waals surface area (Å²) in [5.74, 6) is -0.364. The van der Waals surface area contributed by atoms with E-state index in [0.29, 0.717) is 16.2 Å². The predicted octanol–water partition coefficient (Wildman–Crippen LogP) is 5.33. The van der Waals surface area contributed by atoms with E-state index in [1.807, 2.05) is 47.2 Å². The molecule has 3 rings (SSSR count). The third kappa shape index (κ3) is 3.33. The summed E-state index contributed by atoms with van der Waals surface area (Å²) < 4.78 is 15.3. The minimum atomic E-state index is -0.364. The van der Waals surface area contributed by atoms with Crippen molar-refractivity contribution in [1.82, 2.24) is 4.57 Å². The number of nitrogens with zero attached hydrogens (tertiary/aromatic N) is 2. The molecular weight excluding hydrogens is 311 g/mol. The van der Waals surface area contributed by atoms with Crippen LogP contribution in [0, 0.1) is 17.1 Å². The highest BCUT2D eigenvalue weighted by Gasteiger charge is 2.06. The second-order valence-corrected chi connectivity index (χ2v) is 5.40. The van der Waals surface area contributed by atoms with Gasteiger partial charge in [0.05, 0.1) is 11.6 Å². The maximum Gasteiger partial charge on any atom is 0.123 e. The van der Waals surface area contributed by atoms with Gasteiger partial charge in [0.1, 0.15) is 5.82 Å². The van der Waals surface area contributed by atoms with E-state index in [1.54, 1.807) is 18.2 Å². The Morgan fingerprint density at radius 2 is 1.87 bits per heavy atom. The summed E-state index contributed by atoms with van der Waals surface area (Å²) in [5.41, 5.74) is 2.71. The molecule has 2 nitrogen and oxygen atoms in total. The molecule has 0 bridgehead atoms. The summed E-state index contributed by atoms with van der Waals surface area (Å²) in [6.07, 6.45) is 3.64. The fourth-order valence-corrected chi connectivity index (χ4v) is 2.46. The van der Waals surface area contributed by atoms with Crippen molar-refractivity contribution in [2.45, 2.75) is 0 Å². The molecule has 23 heavy (non-hydrogen) atoms. The molecule has 0 aliphatic carbocycles. The lowest BCUT2D eigenvalue weighted by atomic mass is 10.1. The molecule has 0 spiro atoms. The van der Waals surface area contributed by atoms with Gasteiger partial charge in [-0.05, 0) is 60.2 Å². The lowest BCUT2D eigenvalue weighted by Crippen LogP contribution is -1.95. The van der Waals surface area contributed by atoms with E-state index in [4.69, 9.17) is 11.6 Å². The standard InChI is InChI=1S/C19H12ClFN2/c20-16-6-8-18(9-7-16)23-10-2-5-19(23)12-15(13-22)14-3-1-4-17(21)11-14/h1-12H/b15-12-. The van der Waals surface area contributed by atoms with Gasteiger partial charge in [0, 0.05) is 22.6 Å². The molecule has 0 amide bonds. The van der Waals surface area contributed by atoms with Gasteiger partial charge >= 0.3 is 0 Å². The predicted molar refractivity (Wildman–Crippen MR) is 90.7 cm³/mol. The molecule has 112 valence electrons. The summed E-state index contributed by atoms with van der Waals surface area (Å²) in [4.78, 5) is 0. The first kappa shape index (κ1) is 15.1. The Labute approximate surface area is 138 Å². The fourth-order valence-electron chi connectivity index (χ4n) is 2.33. The van der Waals surface area contributed by atoms with E-state index in [9.17, 15) is 9.65 Å². The van der Waals surface area contributed by atoms with Crippen molar-refractivity contribution in [3.8, 4) is 11.8 Å². The Balaban J connectivity index is 2.04. The van der Waals surface area contributed by atoms with Crippen LogP contribution in [-0.4, -0.2) is 4.57 Å². The van der Waals surface area contributed by atoms with Crippen LogP contribution in [0.25, 0.3) is 17.3 Å². The van der Waals surface area contributed by atoms with Crippen molar-refractivity contribution in [1.29, 1.82) is 5.26 Å². The first-order valence-electron chi connectivity index (χ1n) is 6.98. The SMILES string of the molecule is N#C/C(=C/c1cccn1-c1ccc(Cl)cc1)c1cccc(F)c1. The van der Waals surface area contributed by atoms with Crippen LogP contribution < -0.4 is 0 Å². The second-order valence-electron chi connectivity index (χ2n) is 4.96. The van der Waals surface area contributed by atoms with Crippen LogP contribution >= 0.6 is 11.6 Å². The van der Waals surface area contributed by atoms with Gasteiger partial charge < -0.3 is 4.57 Å². The number of benzene rings is 2. The van der Waals surface area contributed by atoms with Gasteiger partial charge in [0.2, 0.25) is 0 Å². The summed E-state index contributed by atoms with van der Waals surface area (Å²) >= 11 is 5.91. The molecule has 0 radical (unpaired) electrons. The summed E-state index contributed by atoms with van der Waals surface area (Å²) in [5, 5.41) is 10.1. The number of aromatic nitrogens is 1. The third-order valence-corrected chi connectivity index (χ3v) is 3.69. The zero-order valence-corrected chi connectivity index (χ0v) is 12.8. The van der Waals surface area contributed by atoms with Crippen molar-refractivity contribution in [2.24, 2.45) is 0 Å². The van der Waals surface area contributed by atoms with Crippen LogP contribution in [0.5, 0.6) is 0 Å². The Hall–Kier alpha value is -2.83. The zero-order valence-electron chi connectivity index (χ0n) is 12.1. The lowest BCUT2D eigenvalue weighted by Gasteiger charge is -2.07. The molecular formula is C19H12ClFN2. The first-order valence-corrected chi connectivity index (χ1v) is 7.36. The number of allylic oxidation sites excluding steroid dienone is 1. The molecule has 0 fully saturated rings. The maximum absolute atomic E-state index is 13.4. The third-order valence-electron chi connectivity index (χ3n) is 3.43. The van der Waals surface area contributed by atoms with E-state index >= 15 is 0 Å². The van der Waals surface area contributed by atoms with Crippen molar-refractivity contribution in [2.75, 3.05) is 0 Å². The topological polar surface area (TPSA) is 28.7 Å². The van der Waals surface area contributed by atoms with Crippen LogP contribution in [0.2, 0.25) is 5.02 Å². The normalized spacial score (nSPS) is 11.3. The second kappa shape index (κ2) is 6.51. The van der Waals surface area contributed by atoms with Gasteiger partial charge in [-0.25, -0.2) is 4.39 Å². The van der Waals surface area contributed by atoms with E-state index in [2.05, 4.69) is 6.07 Å². The molecule has 4 heteroatoms. The molecule has 0 saturated heterocycles. The smallest absolute Gasteiger partial charge is 0.123 e. The zero-order chi connectivity index (χ0) is 16.2. The van der Waals surface area contributed by atoms with Gasteiger partial charge in [-0.3, -0.25) is 0 Å². The van der Waals surface area contributed by atoms with Crippen molar-refractivity contribution in [3.63, 3.8) is 0 Å². The quantitative estimate of drug-likeness (QED) is 0.599. The molecule has 1 aromatic heterocycles. The minimum Gasteiger partial charge on any atom is -0.317 e. The Morgan fingerprint density at radius 3 is 2.57 bits per heavy atom. The summed E-state index contributed by atoms with van der Waals surface area (Å²) in [6.45, 7) is 0. The van der Waals surface area contributed by atoms with Crippen molar-refractivity contribution >= 4 is 23.3 Å². The number of rotatable bonds is 3. The Morgan fingerprint density at radius 1 is 1.09 bits per heavy atom.